The number of aliphatic hydroxyl groups is 1. The number of carbonyl (C=O) groups excluding carboxylic acids is 1. The van der Waals surface area contributed by atoms with Gasteiger partial charge in [-0.15, -0.1) is 0 Å². The van der Waals surface area contributed by atoms with E-state index in [1.54, 1.807) is 18.9 Å². The number of nitrogens with one attached hydrogen (secondary N) is 1. The van der Waals surface area contributed by atoms with Crippen molar-refractivity contribution in [3.63, 3.8) is 0 Å². The number of hydrogen-bond acceptors (Lipinski definition) is 2. The van der Waals surface area contributed by atoms with Crippen LogP contribution >= 0.6 is 0 Å². The van der Waals surface area contributed by atoms with Crippen LogP contribution in [0, 0.1) is 5.92 Å². The molecule has 0 aliphatic carbocycles. The molecule has 0 radical (unpaired) electrons. The first-order valence-electron chi connectivity index (χ1n) is 4.30. The van der Waals surface area contributed by atoms with Crippen molar-refractivity contribution in [3.05, 3.63) is 0 Å². The number of aliphatic hydroxyl groups excluding tert-OH is 1. The second-order valence-corrected chi connectivity index (χ2v) is 3.29. The molecule has 0 aromatic rings. The van der Waals surface area contributed by atoms with E-state index in [1.165, 1.54) is 0 Å². The average Bonchev–Trinajstić information content (AvgIpc) is 2.51. The van der Waals surface area contributed by atoms with E-state index >= 15 is 0 Å². The lowest BCUT2D eigenvalue weighted by Gasteiger charge is -2.16. The van der Waals surface area contributed by atoms with Crippen LogP contribution in [-0.2, 0) is 0 Å². The van der Waals surface area contributed by atoms with E-state index in [4.69, 9.17) is 0 Å². The van der Waals surface area contributed by atoms with E-state index in [9.17, 15) is 9.90 Å². The molecule has 1 rings (SSSR count). The molecule has 12 heavy (non-hydrogen) atoms. The monoisotopic (exact) mass is 172 g/mol. The molecule has 2 unspecified atom stereocenters. The van der Waals surface area contributed by atoms with E-state index in [0.29, 0.717) is 6.54 Å². The fraction of sp³-hybridized carbons (Fsp3) is 0.875. The lowest BCUT2D eigenvalue weighted by Crippen LogP contribution is -2.37. The molecular formula is C8H16N2O2. The third-order valence-corrected chi connectivity index (χ3v) is 2.41. The van der Waals surface area contributed by atoms with Gasteiger partial charge in [-0.05, 0) is 13.3 Å². The van der Waals surface area contributed by atoms with E-state index in [2.05, 4.69) is 5.32 Å². The molecular weight excluding hydrogens is 156 g/mol. The molecule has 4 heteroatoms. The summed E-state index contributed by atoms with van der Waals surface area (Å²) in [6.07, 6.45) is 0.602. The zero-order chi connectivity index (χ0) is 9.14. The van der Waals surface area contributed by atoms with E-state index in [1.807, 2.05) is 0 Å². The van der Waals surface area contributed by atoms with Gasteiger partial charge in [0.1, 0.15) is 0 Å². The molecule has 2 atom stereocenters. The van der Waals surface area contributed by atoms with E-state index in [0.717, 1.165) is 13.0 Å². The predicted molar refractivity (Wildman–Crippen MR) is 45.8 cm³/mol. The third kappa shape index (κ3) is 1.88. The van der Waals surface area contributed by atoms with E-state index < -0.39 is 0 Å². The number of rotatable bonds is 1. The maximum absolute atomic E-state index is 11.1. The number of likely N-dealkylation sites (tertiary alicyclic amines) is 1. The van der Waals surface area contributed by atoms with Gasteiger partial charge in [0, 0.05) is 26.1 Å². The molecule has 1 saturated heterocycles. The molecule has 1 aliphatic heterocycles. The second kappa shape index (κ2) is 3.76. The molecule has 4 nitrogen and oxygen atoms in total. The number of amides is 2. The topological polar surface area (TPSA) is 52.6 Å². The standard InChI is InChI=1S/C8H16N2O2/c1-6(11)7-3-4-10(5-7)8(12)9-2/h6-7,11H,3-5H2,1-2H3,(H,9,12). The van der Waals surface area contributed by atoms with Crippen LogP contribution in [0.4, 0.5) is 4.79 Å². The van der Waals surface area contributed by atoms with Crippen molar-refractivity contribution in [2.45, 2.75) is 19.4 Å². The summed E-state index contributed by atoms with van der Waals surface area (Å²) in [5.41, 5.74) is 0. The summed E-state index contributed by atoms with van der Waals surface area (Å²) in [6, 6.07) is -0.0434. The highest BCUT2D eigenvalue weighted by atomic mass is 16.3. The van der Waals surface area contributed by atoms with Crippen LogP contribution in [0.2, 0.25) is 0 Å². The Morgan fingerprint density at radius 2 is 2.42 bits per heavy atom. The number of hydrogen-bond donors (Lipinski definition) is 2. The van der Waals surface area contributed by atoms with Crippen molar-refractivity contribution in [1.82, 2.24) is 10.2 Å². The molecule has 0 aromatic carbocycles. The lowest BCUT2D eigenvalue weighted by molar-refractivity contribution is 0.129. The molecule has 0 aromatic heterocycles. The van der Waals surface area contributed by atoms with Crippen molar-refractivity contribution in [2.75, 3.05) is 20.1 Å². The zero-order valence-corrected chi connectivity index (χ0v) is 7.58. The summed E-state index contributed by atoms with van der Waals surface area (Å²) in [5, 5.41) is 11.8. The van der Waals surface area contributed by atoms with Crippen LogP contribution in [0.5, 0.6) is 0 Å². The van der Waals surface area contributed by atoms with Gasteiger partial charge < -0.3 is 15.3 Å². The average molecular weight is 172 g/mol. The maximum Gasteiger partial charge on any atom is 0.317 e. The van der Waals surface area contributed by atoms with Crippen LogP contribution in [0.3, 0.4) is 0 Å². The van der Waals surface area contributed by atoms with Gasteiger partial charge in [-0.1, -0.05) is 0 Å². The summed E-state index contributed by atoms with van der Waals surface area (Å²) in [4.78, 5) is 12.8. The van der Waals surface area contributed by atoms with Gasteiger partial charge in [0.15, 0.2) is 0 Å². The minimum atomic E-state index is -0.306. The Hall–Kier alpha value is -0.770. The zero-order valence-electron chi connectivity index (χ0n) is 7.58. The SMILES string of the molecule is CNC(=O)N1CCC(C(C)O)C1. The Kier molecular flexibility index (Phi) is 2.92. The Morgan fingerprint density at radius 1 is 1.75 bits per heavy atom. The first-order chi connectivity index (χ1) is 5.65. The molecule has 2 amide bonds. The quantitative estimate of drug-likeness (QED) is 0.586. The molecule has 1 heterocycles. The molecule has 0 saturated carbocycles. The van der Waals surface area contributed by atoms with Gasteiger partial charge in [-0.2, -0.15) is 0 Å². The molecule has 1 aliphatic rings. The Morgan fingerprint density at radius 3 is 2.83 bits per heavy atom. The first kappa shape index (κ1) is 9.32. The molecule has 1 fully saturated rings. The van der Waals surface area contributed by atoms with Crippen LogP contribution in [0.1, 0.15) is 13.3 Å². The summed E-state index contributed by atoms with van der Waals surface area (Å²) >= 11 is 0. The Balaban J connectivity index is 2.40. The highest BCUT2D eigenvalue weighted by Gasteiger charge is 2.28. The Labute approximate surface area is 72.6 Å². The smallest absolute Gasteiger partial charge is 0.317 e. The molecule has 0 bridgehead atoms. The van der Waals surface area contributed by atoms with Gasteiger partial charge in [0.25, 0.3) is 0 Å². The fourth-order valence-corrected chi connectivity index (χ4v) is 1.52. The van der Waals surface area contributed by atoms with Gasteiger partial charge in [-0.3, -0.25) is 0 Å². The summed E-state index contributed by atoms with van der Waals surface area (Å²) in [5.74, 6) is 0.252. The number of urea groups is 1. The van der Waals surface area contributed by atoms with Crippen molar-refractivity contribution in [1.29, 1.82) is 0 Å². The number of nitrogens with zero attached hydrogens (tertiary/aromatic N) is 1. The van der Waals surface area contributed by atoms with Gasteiger partial charge in [-0.25, -0.2) is 4.79 Å². The van der Waals surface area contributed by atoms with Crippen LogP contribution in [0.15, 0.2) is 0 Å². The van der Waals surface area contributed by atoms with Crippen LogP contribution in [0.25, 0.3) is 0 Å². The van der Waals surface area contributed by atoms with Crippen LogP contribution in [-0.4, -0.2) is 42.3 Å². The number of carbonyl (C=O) groups is 1. The van der Waals surface area contributed by atoms with Crippen LogP contribution < -0.4 is 5.32 Å². The van der Waals surface area contributed by atoms with Crippen molar-refractivity contribution >= 4 is 6.03 Å². The van der Waals surface area contributed by atoms with Crippen molar-refractivity contribution < 1.29 is 9.90 Å². The molecule has 2 N–H and O–H groups in total. The first-order valence-corrected chi connectivity index (χ1v) is 4.30. The molecule has 0 spiro atoms. The lowest BCUT2D eigenvalue weighted by atomic mass is 10.0. The van der Waals surface area contributed by atoms with Crippen molar-refractivity contribution in [3.8, 4) is 0 Å². The van der Waals surface area contributed by atoms with Crippen molar-refractivity contribution in [2.24, 2.45) is 5.92 Å². The Bertz CT molecular complexity index is 170. The van der Waals surface area contributed by atoms with Gasteiger partial charge in [0.05, 0.1) is 6.10 Å². The highest BCUT2D eigenvalue weighted by Crippen LogP contribution is 2.19. The van der Waals surface area contributed by atoms with Gasteiger partial charge in [0.2, 0.25) is 0 Å². The van der Waals surface area contributed by atoms with E-state index in [-0.39, 0.29) is 18.1 Å². The third-order valence-electron chi connectivity index (χ3n) is 2.41. The minimum Gasteiger partial charge on any atom is -0.393 e. The maximum atomic E-state index is 11.1. The largest absolute Gasteiger partial charge is 0.393 e. The fourth-order valence-electron chi connectivity index (χ4n) is 1.52. The summed E-state index contributed by atoms with van der Waals surface area (Å²) in [7, 11) is 1.62. The normalized spacial score (nSPS) is 25.6. The summed E-state index contributed by atoms with van der Waals surface area (Å²) < 4.78 is 0. The second-order valence-electron chi connectivity index (χ2n) is 3.29. The minimum absolute atomic E-state index is 0.0434. The molecule has 70 valence electrons. The predicted octanol–water partition coefficient (Wildman–Crippen LogP) is 0.0285. The van der Waals surface area contributed by atoms with Gasteiger partial charge >= 0.3 is 6.03 Å². The summed E-state index contributed by atoms with van der Waals surface area (Å²) in [6.45, 7) is 3.21. The highest BCUT2D eigenvalue weighted by molar-refractivity contribution is 5.74.